The number of phenolic OH excluding ortho intramolecular Hbond substituents is 1. The second-order valence-corrected chi connectivity index (χ2v) is 6.89. The summed E-state index contributed by atoms with van der Waals surface area (Å²) in [6.07, 6.45) is 10.4. The van der Waals surface area contributed by atoms with Gasteiger partial charge in [-0.2, -0.15) is 0 Å². The van der Waals surface area contributed by atoms with E-state index in [0.29, 0.717) is 17.7 Å². The first-order chi connectivity index (χ1) is 10.6. The van der Waals surface area contributed by atoms with Crippen LogP contribution < -0.4 is 4.74 Å². The molecular weight excluding hydrogens is 274 g/mol. The number of phenols is 1. The smallest absolute Gasteiger partial charge is 0.166 e. The van der Waals surface area contributed by atoms with Crippen molar-refractivity contribution in [1.29, 1.82) is 0 Å². The van der Waals surface area contributed by atoms with Crippen molar-refractivity contribution in [3.63, 3.8) is 0 Å². The highest BCUT2D eigenvalue weighted by Gasteiger charge is 2.56. The molecule has 1 aromatic carbocycles. The maximum atomic E-state index is 10.2. The molecule has 22 heavy (non-hydrogen) atoms. The Morgan fingerprint density at radius 2 is 2.36 bits per heavy atom. The third-order valence-corrected chi connectivity index (χ3v) is 6.01. The highest BCUT2D eigenvalue weighted by Crippen LogP contribution is 2.55. The number of piperidine rings is 1. The molecule has 1 spiro atoms. The van der Waals surface area contributed by atoms with Gasteiger partial charge < -0.3 is 14.7 Å². The van der Waals surface area contributed by atoms with Crippen LogP contribution in [0.5, 0.6) is 11.5 Å². The minimum Gasteiger partial charge on any atom is -0.504 e. The van der Waals surface area contributed by atoms with E-state index in [0.717, 1.165) is 31.4 Å². The van der Waals surface area contributed by atoms with Gasteiger partial charge in [-0.1, -0.05) is 18.1 Å². The zero-order chi connectivity index (χ0) is 15.5. The number of ether oxygens (including phenoxy) is 1. The summed E-state index contributed by atoms with van der Waals surface area (Å²) < 4.78 is 6.13. The number of fused-ring (bicyclic) bond motifs is 1. The van der Waals surface area contributed by atoms with Crippen LogP contribution in [0.15, 0.2) is 24.8 Å². The van der Waals surface area contributed by atoms with Crippen LogP contribution in [0.4, 0.5) is 0 Å². The summed E-state index contributed by atoms with van der Waals surface area (Å²) in [6.45, 7) is 5.13. The molecule has 2 heterocycles. The summed E-state index contributed by atoms with van der Waals surface area (Å²) in [5.41, 5.74) is 2.33. The number of likely N-dealkylation sites (N-methyl/N-ethyl adjacent to an activating group) is 1. The Hall–Kier alpha value is -1.92. The van der Waals surface area contributed by atoms with E-state index in [1.54, 1.807) is 6.07 Å². The molecule has 0 aromatic heterocycles. The van der Waals surface area contributed by atoms with E-state index in [1.165, 1.54) is 5.56 Å². The van der Waals surface area contributed by atoms with E-state index in [-0.39, 0.29) is 17.3 Å². The van der Waals surface area contributed by atoms with E-state index >= 15 is 0 Å². The molecule has 3 nitrogen and oxygen atoms in total. The molecule has 4 rings (SSSR count). The third kappa shape index (κ3) is 1.56. The standard InChI is InChI=1S/C19H21NO2/c1-4-14-15-10-12-6-7-16(21)18-13(12)11-19(14,8-9-20(15)3)17(5-2)22-18/h2,4,6-7,14-15,17,21H,1,8-11H2,3H3. The normalized spacial score (nSPS) is 35.9. The fourth-order valence-corrected chi connectivity index (χ4v) is 4.82. The van der Waals surface area contributed by atoms with Gasteiger partial charge in [-0.05, 0) is 44.5 Å². The van der Waals surface area contributed by atoms with Crippen molar-refractivity contribution in [2.75, 3.05) is 13.6 Å². The van der Waals surface area contributed by atoms with Crippen molar-refractivity contribution in [3.05, 3.63) is 35.9 Å². The molecular formula is C19H21NO2. The largest absolute Gasteiger partial charge is 0.504 e. The molecule has 0 amide bonds. The monoisotopic (exact) mass is 295 g/mol. The molecule has 1 saturated heterocycles. The topological polar surface area (TPSA) is 32.7 Å². The van der Waals surface area contributed by atoms with Gasteiger partial charge in [-0.15, -0.1) is 13.0 Å². The Morgan fingerprint density at radius 1 is 1.55 bits per heavy atom. The Bertz CT molecular complexity index is 689. The molecule has 1 aromatic rings. The zero-order valence-electron chi connectivity index (χ0n) is 12.9. The zero-order valence-corrected chi connectivity index (χ0v) is 12.9. The van der Waals surface area contributed by atoms with Gasteiger partial charge in [0.2, 0.25) is 0 Å². The number of rotatable bonds is 1. The van der Waals surface area contributed by atoms with E-state index < -0.39 is 0 Å². The van der Waals surface area contributed by atoms with Crippen molar-refractivity contribution < 1.29 is 9.84 Å². The van der Waals surface area contributed by atoms with Gasteiger partial charge in [-0.3, -0.25) is 0 Å². The lowest BCUT2D eigenvalue weighted by atomic mass is 9.61. The van der Waals surface area contributed by atoms with Crippen LogP contribution in [0.3, 0.4) is 0 Å². The van der Waals surface area contributed by atoms with Crippen molar-refractivity contribution in [2.24, 2.45) is 11.3 Å². The average Bonchev–Trinajstić information content (AvgIpc) is 2.62. The molecule has 3 aliphatic rings. The molecule has 0 saturated carbocycles. The molecule has 3 heteroatoms. The molecule has 0 radical (unpaired) electrons. The Balaban J connectivity index is 1.98. The van der Waals surface area contributed by atoms with Crippen LogP contribution in [-0.4, -0.2) is 35.7 Å². The van der Waals surface area contributed by atoms with Gasteiger partial charge in [0.1, 0.15) is 0 Å². The fourth-order valence-electron chi connectivity index (χ4n) is 4.82. The second kappa shape index (κ2) is 4.54. The molecule has 4 atom stereocenters. The Kier molecular flexibility index (Phi) is 2.83. The molecule has 3 bridgehead atoms. The second-order valence-electron chi connectivity index (χ2n) is 6.89. The number of aromatic hydroxyl groups is 1. The number of hydrogen-bond acceptors (Lipinski definition) is 3. The highest BCUT2D eigenvalue weighted by molar-refractivity contribution is 5.54. The number of benzene rings is 1. The molecule has 114 valence electrons. The van der Waals surface area contributed by atoms with Crippen LogP contribution in [0.2, 0.25) is 0 Å². The summed E-state index contributed by atoms with van der Waals surface area (Å²) in [6, 6.07) is 4.16. The van der Waals surface area contributed by atoms with Crippen molar-refractivity contribution in [2.45, 2.75) is 31.4 Å². The lowest BCUT2D eigenvalue weighted by Crippen LogP contribution is -2.58. The van der Waals surface area contributed by atoms with Crippen molar-refractivity contribution >= 4 is 0 Å². The van der Waals surface area contributed by atoms with Gasteiger partial charge in [0.15, 0.2) is 17.6 Å². The third-order valence-electron chi connectivity index (χ3n) is 6.01. The first-order valence-electron chi connectivity index (χ1n) is 7.90. The minimum absolute atomic E-state index is 0.0975. The summed E-state index contributed by atoms with van der Waals surface area (Å²) in [4.78, 5) is 2.42. The molecule has 1 fully saturated rings. The van der Waals surface area contributed by atoms with Crippen LogP contribution in [0, 0.1) is 23.7 Å². The quantitative estimate of drug-likeness (QED) is 0.638. The van der Waals surface area contributed by atoms with E-state index in [2.05, 4.69) is 30.5 Å². The van der Waals surface area contributed by atoms with Crippen LogP contribution >= 0.6 is 0 Å². The van der Waals surface area contributed by atoms with E-state index in [4.69, 9.17) is 11.2 Å². The maximum Gasteiger partial charge on any atom is 0.166 e. The summed E-state index contributed by atoms with van der Waals surface area (Å²) in [7, 11) is 2.18. The van der Waals surface area contributed by atoms with Crippen LogP contribution in [0.25, 0.3) is 0 Å². The van der Waals surface area contributed by atoms with Gasteiger partial charge in [0, 0.05) is 22.9 Å². The lowest BCUT2D eigenvalue weighted by Gasteiger charge is -2.53. The number of likely N-dealkylation sites (tertiary alicyclic amines) is 1. The fraction of sp³-hybridized carbons (Fsp3) is 0.474. The molecule has 4 unspecified atom stereocenters. The summed E-state index contributed by atoms with van der Waals surface area (Å²) in [5.74, 6) is 3.96. The number of nitrogens with zero attached hydrogens (tertiary/aromatic N) is 1. The van der Waals surface area contributed by atoms with Gasteiger partial charge >= 0.3 is 0 Å². The van der Waals surface area contributed by atoms with Gasteiger partial charge in [0.25, 0.3) is 0 Å². The molecule has 1 aliphatic carbocycles. The lowest BCUT2D eigenvalue weighted by molar-refractivity contribution is -0.0443. The number of terminal acetylenes is 1. The minimum atomic E-state index is -0.307. The van der Waals surface area contributed by atoms with E-state index in [9.17, 15) is 5.11 Å². The van der Waals surface area contributed by atoms with Gasteiger partial charge in [0.05, 0.1) is 0 Å². The summed E-state index contributed by atoms with van der Waals surface area (Å²) in [5, 5.41) is 10.2. The Labute approximate surface area is 131 Å². The predicted molar refractivity (Wildman–Crippen MR) is 85.9 cm³/mol. The van der Waals surface area contributed by atoms with E-state index in [1.807, 2.05) is 6.07 Å². The molecule has 2 aliphatic heterocycles. The van der Waals surface area contributed by atoms with Crippen molar-refractivity contribution in [1.82, 2.24) is 4.90 Å². The van der Waals surface area contributed by atoms with Gasteiger partial charge in [-0.25, -0.2) is 0 Å². The maximum absolute atomic E-state index is 10.2. The van der Waals surface area contributed by atoms with Crippen LogP contribution in [0.1, 0.15) is 17.5 Å². The Morgan fingerprint density at radius 3 is 3.09 bits per heavy atom. The number of hydrogen-bond donors (Lipinski definition) is 1. The first-order valence-corrected chi connectivity index (χ1v) is 7.90. The average molecular weight is 295 g/mol. The predicted octanol–water partition coefficient (Wildman–Crippen LogP) is 2.38. The molecule has 1 N–H and O–H groups in total. The van der Waals surface area contributed by atoms with Crippen LogP contribution in [-0.2, 0) is 12.8 Å². The highest BCUT2D eigenvalue weighted by atomic mass is 16.5. The summed E-state index contributed by atoms with van der Waals surface area (Å²) >= 11 is 0. The first kappa shape index (κ1) is 13.7. The SMILES string of the molecule is C#CC1Oc2c(O)ccc3c2CC12CCN(C)C(C3)C2C=C. The van der Waals surface area contributed by atoms with Crippen molar-refractivity contribution in [3.8, 4) is 23.8 Å².